The molecule has 184 valence electrons. The number of ether oxygens (including phenoxy) is 2. The topological polar surface area (TPSA) is 69.7 Å². The van der Waals surface area contributed by atoms with Gasteiger partial charge in [0.05, 0.1) is 5.83 Å². The average molecular weight is 455 g/mol. The lowest BCUT2D eigenvalue weighted by Gasteiger charge is -2.22. The fourth-order valence-corrected chi connectivity index (χ4v) is 3.84. The molecule has 32 heavy (non-hydrogen) atoms. The predicted molar refractivity (Wildman–Crippen MR) is 124 cm³/mol. The van der Waals surface area contributed by atoms with Crippen molar-refractivity contribution in [1.82, 2.24) is 0 Å². The molecule has 1 fully saturated rings. The molecule has 0 saturated heterocycles. The van der Waals surface area contributed by atoms with Crippen molar-refractivity contribution in [2.75, 3.05) is 0 Å². The molecule has 6 heteroatoms. The van der Waals surface area contributed by atoms with E-state index in [2.05, 4.69) is 0 Å². The summed E-state index contributed by atoms with van der Waals surface area (Å²) in [6.07, 6.45) is 9.65. The molecule has 2 rings (SSSR count). The molecule has 0 aromatic rings. The van der Waals surface area contributed by atoms with Crippen molar-refractivity contribution in [2.45, 2.75) is 123 Å². The molecule has 1 unspecified atom stereocenters. The van der Waals surface area contributed by atoms with Crippen LogP contribution in [0.15, 0.2) is 11.9 Å². The van der Waals surface area contributed by atoms with Crippen LogP contribution in [0.1, 0.15) is 112 Å². The minimum Gasteiger partial charge on any atom is -0.460 e. The summed E-state index contributed by atoms with van der Waals surface area (Å²) in [6, 6.07) is 0. The third kappa shape index (κ3) is 14.4. The highest BCUT2D eigenvalue weighted by molar-refractivity contribution is 5.79. The molecule has 1 atom stereocenters. The van der Waals surface area contributed by atoms with Gasteiger partial charge in [-0.2, -0.15) is 0 Å². The van der Waals surface area contributed by atoms with E-state index in [1.165, 1.54) is 0 Å². The number of allylic oxidation sites excluding steroid dienone is 2. The molecule has 0 radical (unpaired) electrons. The first-order valence-electron chi connectivity index (χ1n) is 12.0. The SMILES string of the molecule is CC(C)(C)OC(=O)CCC1CC=C(F)CC1.CC(C)(C)OC(=O)CCC1CCC(=O)CC1. The number of Topliss-reactive ketones (excluding diaryl/α,β-unsaturated/α-hetero) is 1. The Hall–Kier alpha value is -1.72. The van der Waals surface area contributed by atoms with Crippen LogP contribution in [0.2, 0.25) is 0 Å². The lowest BCUT2D eigenvalue weighted by molar-refractivity contribution is -0.156. The maximum Gasteiger partial charge on any atom is 0.306 e. The number of ketones is 1. The highest BCUT2D eigenvalue weighted by Crippen LogP contribution is 2.28. The van der Waals surface area contributed by atoms with E-state index in [1.54, 1.807) is 6.08 Å². The fourth-order valence-electron chi connectivity index (χ4n) is 3.84. The zero-order valence-corrected chi connectivity index (χ0v) is 20.9. The summed E-state index contributed by atoms with van der Waals surface area (Å²) in [4.78, 5) is 34.0. The van der Waals surface area contributed by atoms with Gasteiger partial charge in [-0.05, 0) is 98.3 Å². The second-order valence-electron chi connectivity index (χ2n) is 11.0. The number of carbonyl (C=O) groups excluding carboxylic acids is 3. The van der Waals surface area contributed by atoms with Crippen LogP contribution < -0.4 is 0 Å². The number of hydrogen-bond acceptors (Lipinski definition) is 5. The average Bonchev–Trinajstić information content (AvgIpc) is 2.65. The Morgan fingerprint density at radius 3 is 1.69 bits per heavy atom. The first-order chi connectivity index (χ1) is 14.7. The van der Waals surface area contributed by atoms with Gasteiger partial charge in [0.2, 0.25) is 0 Å². The molecule has 0 heterocycles. The van der Waals surface area contributed by atoms with Gasteiger partial charge in [-0.1, -0.05) is 6.08 Å². The summed E-state index contributed by atoms with van der Waals surface area (Å²) in [5.74, 6) is 1.06. The largest absolute Gasteiger partial charge is 0.460 e. The zero-order chi connectivity index (χ0) is 24.4. The number of rotatable bonds is 6. The molecule has 0 aromatic heterocycles. The standard InChI is InChI=1S/C13H21FO2.C13H22O3/c2*1-13(2,3)16-12(15)9-6-10-4-7-11(14)8-5-10/h7,10H,4-6,8-9H2,1-3H3;10H,4-9H2,1-3H3. The summed E-state index contributed by atoms with van der Waals surface area (Å²) >= 11 is 0. The molecule has 1 saturated carbocycles. The maximum atomic E-state index is 12.7. The number of halogens is 1. The van der Waals surface area contributed by atoms with Gasteiger partial charge in [-0.25, -0.2) is 4.39 Å². The van der Waals surface area contributed by atoms with Crippen molar-refractivity contribution in [3.63, 3.8) is 0 Å². The van der Waals surface area contributed by atoms with Gasteiger partial charge < -0.3 is 9.47 Å². The van der Waals surface area contributed by atoms with Crippen LogP contribution in [0, 0.1) is 11.8 Å². The first-order valence-corrected chi connectivity index (χ1v) is 12.0. The summed E-state index contributed by atoms with van der Waals surface area (Å²) in [5.41, 5.74) is -0.796. The molecule has 2 aliphatic rings. The Morgan fingerprint density at radius 2 is 1.28 bits per heavy atom. The Kier molecular flexibility index (Phi) is 11.6. The maximum absolute atomic E-state index is 12.7. The van der Waals surface area contributed by atoms with Crippen LogP contribution in [0.5, 0.6) is 0 Å². The quantitative estimate of drug-likeness (QED) is 0.421. The Balaban J connectivity index is 0.000000320. The van der Waals surface area contributed by atoms with Crippen molar-refractivity contribution in [2.24, 2.45) is 11.8 Å². The molecule has 0 bridgehead atoms. The highest BCUT2D eigenvalue weighted by atomic mass is 19.1. The normalized spacial score (nSPS) is 20.0. The molecule has 0 spiro atoms. The molecular weight excluding hydrogens is 411 g/mol. The summed E-state index contributed by atoms with van der Waals surface area (Å²) in [7, 11) is 0. The third-order valence-electron chi connectivity index (χ3n) is 5.48. The van der Waals surface area contributed by atoms with Gasteiger partial charge in [0, 0.05) is 25.7 Å². The van der Waals surface area contributed by atoms with Gasteiger partial charge in [0.25, 0.3) is 0 Å². The van der Waals surface area contributed by atoms with E-state index < -0.39 is 5.60 Å². The van der Waals surface area contributed by atoms with E-state index in [-0.39, 0.29) is 23.4 Å². The molecular formula is C26H43FO5. The van der Waals surface area contributed by atoms with Gasteiger partial charge in [0.15, 0.2) is 0 Å². The van der Waals surface area contributed by atoms with Crippen LogP contribution in [-0.4, -0.2) is 28.9 Å². The molecule has 0 aromatic carbocycles. The van der Waals surface area contributed by atoms with E-state index >= 15 is 0 Å². The number of esters is 2. The van der Waals surface area contributed by atoms with Crippen LogP contribution in [0.4, 0.5) is 4.39 Å². The number of hydrogen-bond donors (Lipinski definition) is 0. The lowest BCUT2D eigenvalue weighted by Crippen LogP contribution is -2.24. The van der Waals surface area contributed by atoms with E-state index in [9.17, 15) is 18.8 Å². The summed E-state index contributed by atoms with van der Waals surface area (Å²) < 4.78 is 23.2. The second-order valence-corrected chi connectivity index (χ2v) is 11.0. The van der Waals surface area contributed by atoms with Gasteiger partial charge in [0.1, 0.15) is 17.0 Å². The van der Waals surface area contributed by atoms with Crippen LogP contribution in [0.3, 0.4) is 0 Å². The summed E-state index contributed by atoms with van der Waals surface area (Å²) in [6.45, 7) is 11.2. The van der Waals surface area contributed by atoms with E-state index in [4.69, 9.17) is 9.47 Å². The predicted octanol–water partition coefficient (Wildman–Crippen LogP) is 6.63. The Bertz CT molecular complexity index is 644. The van der Waals surface area contributed by atoms with Crippen molar-refractivity contribution in [1.29, 1.82) is 0 Å². The zero-order valence-electron chi connectivity index (χ0n) is 20.9. The molecule has 2 aliphatic carbocycles. The lowest BCUT2D eigenvalue weighted by atomic mass is 9.85. The van der Waals surface area contributed by atoms with Crippen molar-refractivity contribution >= 4 is 17.7 Å². The Labute approximate surface area is 193 Å². The van der Waals surface area contributed by atoms with Gasteiger partial charge in [-0.3, -0.25) is 14.4 Å². The Morgan fingerprint density at radius 1 is 0.844 bits per heavy atom. The van der Waals surface area contributed by atoms with Gasteiger partial charge >= 0.3 is 11.9 Å². The molecule has 5 nitrogen and oxygen atoms in total. The van der Waals surface area contributed by atoms with Gasteiger partial charge in [-0.15, -0.1) is 0 Å². The summed E-state index contributed by atoms with van der Waals surface area (Å²) in [5, 5.41) is 0. The first kappa shape index (κ1) is 28.3. The number of carbonyl (C=O) groups is 3. The van der Waals surface area contributed by atoms with Crippen molar-refractivity contribution in [3.05, 3.63) is 11.9 Å². The minimum absolute atomic E-state index is 0.00600. The molecule has 0 amide bonds. The monoisotopic (exact) mass is 454 g/mol. The van der Waals surface area contributed by atoms with E-state index in [1.807, 2.05) is 41.5 Å². The minimum atomic E-state index is -0.407. The van der Waals surface area contributed by atoms with E-state index in [0.717, 1.165) is 38.5 Å². The second kappa shape index (κ2) is 13.1. The van der Waals surface area contributed by atoms with Crippen molar-refractivity contribution < 1.29 is 28.2 Å². The van der Waals surface area contributed by atoms with Crippen LogP contribution in [0.25, 0.3) is 0 Å². The van der Waals surface area contributed by atoms with Crippen LogP contribution in [-0.2, 0) is 23.9 Å². The van der Waals surface area contributed by atoms with Crippen molar-refractivity contribution in [3.8, 4) is 0 Å². The fraction of sp³-hybridized carbons (Fsp3) is 0.808. The van der Waals surface area contributed by atoms with Crippen LogP contribution >= 0.6 is 0 Å². The van der Waals surface area contributed by atoms with E-state index in [0.29, 0.717) is 49.7 Å². The third-order valence-corrected chi connectivity index (χ3v) is 5.48. The molecule has 0 aliphatic heterocycles. The molecule has 0 N–H and O–H groups in total. The highest BCUT2D eigenvalue weighted by Gasteiger charge is 2.22. The smallest absolute Gasteiger partial charge is 0.306 e.